The number of β-amino-alcohol motifs (C(OH)–C–C–N with tert-alkyl or cyclic N) is 1. The molecule has 2 aromatic rings. The molecule has 1 unspecified atom stereocenters. The van der Waals surface area contributed by atoms with E-state index in [1.165, 1.54) is 0 Å². The molecule has 1 atom stereocenters. The Balaban J connectivity index is 1.30. The summed E-state index contributed by atoms with van der Waals surface area (Å²) in [6, 6.07) is 14.1. The fourth-order valence-corrected chi connectivity index (χ4v) is 3.53. The molecule has 1 amide bonds. The standard InChI is InChI=1S/C22H26Cl2N2O4/c23-16-1-5-20(6-2-16)29-14-19(27)13-26-11-9-18(10-12-26)25-22(28)15-30-21-7-3-17(24)4-8-21/h1-8,18-19,27H,9-15H2,(H,25,28). The minimum absolute atomic E-state index is 0.0252. The third-order valence-corrected chi connectivity index (χ3v) is 5.37. The molecule has 1 aliphatic rings. The number of aliphatic hydroxyl groups excluding tert-OH is 1. The van der Waals surface area contributed by atoms with Crippen LogP contribution in [0.5, 0.6) is 11.5 Å². The maximum atomic E-state index is 12.1. The fraction of sp³-hybridized carbons (Fsp3) is 0.409. The summed E-state index contributed by atoms with van der Waals surface area (Å²) in [6.45, 7) is 2.35. The number of likely N-dealkylation sites (tertiary alicyclic amines) is 1. The van der Waals surface area contributed by atoms with Gasteiger partial charge in [0, 0.05) is 35.7 Å². The zero-order valence-electron chi connectivity index (χ0n) is 16.6. The van der Waals surface area contributed by atoms with E-state index in [9.17, 15) is 9.90 Å². The molecule has 6 nitrogen and oxygen atoms in total. The Kier molecular flexibility index (Phi) is 8.63. The van der Waals surface area contributed by atoms with Gasteiger partial charge in [0.15, 0.2) is 6.61 Å². The molecule has 1 aliphatic heterocycles. The van der Waals surface area contributed by atoms with Gasteiger partial charge < -0.3 is 24.8 Å². The van der Waals surface area contributed by atoms with Crippen molar-refractivity contribution in [2.24, 2.45) is 0 Å². The van der Waals surface area contributed by atoms with E-state index in [0.29, 0.717) is 28.1 Å². The molecule has 0 bridgehead atoms. The van der Waals surface area contributed by atoms with Crippen LogP contribution in [0.15, 0.2) is 48.5 Å². The number of carbonyl (C=O) groups excluding carboxylic acids is 1. The zero-order chi connectivity index (χ0) is 21.3. The van der Waals surface area contributed by atoms with Crippen LogP contribution < -0.4 is 14.8 Å². The molecule has 0 radical (unpaired) electrons. The van der Waals surface area contributed by atoms with Gasteiger partial charge in [-0.05, 0) is 61.4 Å². The van der Waals surface area contributed by atoms with Gasteiger partial charge in [-0.15, -0.1) is 0 Å². The van der Waals surface area contributed by atoms with Gasteiger partial charge in [0.25, 0.3) is 5.91 Å². The normalized spacial score (nSPS) is 16.1. The lowest BCUT2D eigenvalue weighted by atomic mass is 10.0. The van der Waals surface area contributed by atoms with Crippen LogP contribution in [-0.4, -0.2) is 60.9 Å². The van der Waals surface area contributed by atoms with E-state index in [1.807, 2.05) is 0 Å². The van der Waals surface area contributed by atoms with E-state index in [1.54, 1.807) is 48.5 Å². The smallest absolute Gasteiger partial charge is 0.258 e. The number of halogens is 2. The topological polar surface area (TPSA) is 71.0 Å². The summed E-state index contributed by atoms with van der Waals surface area (Å²) in [5.41, 5.74) is 0. The van der Waals surface area contributed by atoms with E-state index in [2.05, 4.69) is 10.2 Å². The molecule has 1 fully saturated rings. The first-order valence-corrected chi connectivity index (χ1v) is 10.7. The Labute approximate surface area is 186 Å². The van der Waals surface area contributed by atoms with E-state index in [0.717, 1.165) is 25.9 Å². The van der Waals surface area contributed by atoms with Crippen LogP contribution in [0.1, 0.15) is 12.8 Å². The summed E-state index contributed by atoms with van der Waals surface area (Å²) in [5, 5.41) is 14.5. The number of piperidine rings is 1. The van der Waals surface area contributed by atoms with Gasteiger partial charge in [0.2, 0.25) is 0 Å². The van der Waals surface area contributed by atoms with Crippen LogP contribution in [0.4, 0.5) is 0 Å². The highest BCUT2D eigenvalue weighted by Gasteiger charge is 2.22. The third-order valence-electron chi connectivity index (χ3n) is 4.86. The van der Waals surface area contributed by atoms with Crippen LogP contribution in [0.3, 0.4) is 0 Å². The van der Waals surface area contributed by atoms with Crippen LogP contribution >= 0.6 is 23.2 Å². The second-order valence-electron chi connectivity index (χ2n) is 7.30. The SMILES string of the molecule is O=C(COc1ccc(Cl)cc1)NC1CCN(CC(O)COc2ccc(Cl)cc2)CC1. The summed E-state index contributed by atoms with van der Waals surface area (Å²) in [5.74, 6) is 1.15. The lowest BCUT2D eigenvalue weighted by Crippen LogP contribution is -2.48. The Morgan fingerprint density at radius 3 is 2.10 bits per heavy atom. The zero-order valence-corrected chi connectivity index (χ0v) is 18.1. The maximum absolute atomic E-state index is 12.1. The van der Waals surface area contributed by atoms with Crippen LogP contribution in [0.25, 0.3) is 0 Å². The lowest BCUT2D eigenvalue weighted by molar-refractivity contribution is -0.124. The number of hydrogen-bond acceptors (Lipinski definition) is 5. The van der Waals surface area contributed by atoms with Gasteiger partial charge in [-0.25, -0.2) is 0 Å². The van der Waals surface area contributed by atoms with Gasteiger partial charge in [-0.2, -0.15) is 0 Å². The van der Waals surface area contributed by atoms with Crippen molar-refractivity contribution in [1.29, 1.82) is 0 Å². The Bertz CT molecular complexity index is 794. The molecule has 0 aromatic heterocycles. The molecule has 3 rings (SSSR count). The quantitative estimate of drug-likeness (QED) is 0.609. The van der Waals surface area contributed by atoms with Gasteiger partial charge in [0.1, 0.15) is 24.2 Å². The van der Waals surface area contributed by atoms with Gasteiger partial charge >= 0.3 is 0 Å². The molecule has 0 aliphatic carbocycles. The highest BCUT2D eigenvalue weighted by molar-refractivity contribution is 6.30. The monoisotopic (exact) mass is 452 g/mol. The number of rotatable bonds is 9. The number of ether oxygens (including phenoxy) is 2. The van der Waals surface area contributed by atoms with E-state index < -0.39 is 6.10 Å². The molecule has 0 spiro atoms. The molecule has 8 heteroatoms. The van der Waals surface area contributed by atoms with Crippen molar-refractivity contribution >= 4 is 29.1 Å². The molecule has 2 N–H and O–H groups in total. The lowest BCUT2D eigenvalue weighted by Gasteiger charge is -2.33. The number of benzene rings is 2. The number of aliphatic hydroxyl groups is 1. The predicted molar refractivity (Wildman–Crippen MR) is 118 cm³/mol. The largest absolute Gasteiger partial charge is 0.491 e. The first kappa shape index (κ1) is 22.7. The molecular weight excluding hydrogens is 427 g/mol. The molecular formula is C22H26Cl2N2O4. The highest BCUT2D eigenvalue weighted by atomic mass is 35.5. The summed E-state index contributed by atoms with van der Waals surface area (Å²) in [4.78, 5) is 14.3. The Hall–Kier alpha value is -1.99. The van der Waals surface area contributed by atoms with Crippen LogP contribution in [0.2, 0.25) is 10.0 Å². The Morgan fingerprint density at radius 1 is 1.00 bits per heavy atom. The number of nitrogens with zero attached hydrogens (tertiary/aromatic N) is 1. The third kappa shape index (κ3) is 7.69. The number of amides is 1. The molecule has 0 saturated carbocycles. The minimum atomic E-state index is -0.584. The summed E-state index contributed by atoms with van der Waals surface area (Å²) in [6.07, 6.45) is 1.08. The molecule has 1 saturated heterocycles. The second-order valence-corrected chi connectivity index (χ2v) is 8.18. The number of hydrogen-bond donors (Lipinski definition) is 2. The average Bonchev–Trinajstić information content (AvgIpc) is 2.74. The van der Waals surface area contributed by atoms with Gasteiger partial charge in [-0.1, -0.05) is 23.2 Å². The molecule has 30 heavy (non-hydrogen) atoms. The van der Waals surface area contributed by atoms with Gasteiger partial charge in [0.05, 0.1) is 0 Å². The number of carbonyl (C=O) groups is 1. The second kappa shape index (κ2) is 11.4. The first-order chi connectivity index (χ1) is 14.5. The van der Waals surface area contributed by atoms with Crippen molar-refractivity contribution in [2.45, 2.75) is 25.0 Å². The van der Waals surface area contributed by atoms with E-state index in [-0.39, 0.29) is 25.2 Å². The van der Waals surface area contributed by atoms with Gasteiger partial charge in [-0.3, -0.25) is 4.79 Å². The summed E-state index contributed by atoms with van der Waals surface area (Å²) >= 11 is 11.7. The fourth-order valence-electron chi connectivity index (χ4n) is 3.28. The minimum Gasteiger partial charge on any atom is -0.491 e. The van der Waals surface area contributed by atoms with E-state index in [4.69, 9.17) is 32.7 Å². The maximum Gasteiger partial charge on any atom is 0.258 e. The number of nitrogens with one attached hydrogen (secondary N) is 1. The highest BCUT2D eigenvalue weighted by Crippen LogP contribution is 2.17. The Morgan fingerprint density at radius 2 is 1.53 bits per heavy atom. The van der Waals surface area contributed by atoms with E-state index >= 15 is 0 Å². The van der Waals surface area contributed by atoms with Crippen molar-refractivity contribution in [3.63, 3.8) is 0 Å². The molecule has 162 valence electrons. The summed E-state index contributed by atoms with van der Waals surface area (Å²) < 4.78 is 11.1. The first-order valence-electron chi connectivity index (χ1n) is 9.94. The molecule has 2 aromatic carbocycles. The van der Waals surface area contributed by atoms with Crippen molar-refractivity contribution in [2.75, 3.05) is 32.8 Å². The van der Waals surface area contributed by atoms with Crippen LogP contribution in [0, 0.1) is 0 Å². The van der Waals surface area contributed by atoms with Crippen molar-refractivity contribution in [1.82, 2.24) is 10.2 Å². The van der Waals surface area contributed by atoms with Crippen LogP contribution in [-0.2, 0) is 4.79 Å². The summed E-state index contributed by atoms with van der Waals surface area (Å²) in [7, 11) is 0. The average molecular weight is 453 g/mol. The van der Waals surface area contributed by atoms with Crippen molar-refractivity contribution in [3.8, 4) is 11.5 Å². The van der Waals surface area contributed by atoms with Crippen molar-refractivity contribution in [3.05, 3.63) is 58.6 Å². The molecule has 1 heterocycles. The predicted octanol–water partition coefficient (Wildman–Crippen LogP) is 3.39. The van der Waals surface area contributed by atoms with Crippen molar-refractivity contribution < 1.29 is 19.4 Å².